The lowest BCUT2D eigenvalue weighted by Crippen LogP contribution is -2.33. The van der Waals surface area contributed by atoms with Crippen LogP contribution >= 0.6 is 11.5 Å². The van der Waals surface area contributed by atoms with E-state index in [0.717, 1.165) is 52.1 Å². The maximum Gasteiger partial charge on any atom is 0.238 e. The number of carbonyl (C=O) groups is 1. The van der Waals surface area contributed by atoms with Gasteiger partial charge in [-0.2, -0.15) is 9.47 Å². The largest absolute Gasteiger partial charge is 0.472 e. The van der Waals surface area contributed by atoms with Gasteiger partial charge >= 0.3 is 0 Å². The highest BCUT2D eigenvalue weighted by Crippen LogP contribution is 2.33. The molecule has 5 aromatic rings. The second kappa shape index (κ2) is 10.5. The molecule has 0 aliphatic carbocycles. The number of aromatic amines is 1. The van der Waals surface area contributed by atoms with Crippen LogP contribution < -0.4 is 15.4 Å². The molecule has 0 unspecified atom stereocenters. The molecule has 200 valence electrons. The highest BCUT2D eigenvalue weighted by atomic mass is 32.1. The number of aryl methyl sites for hydroxylation is 3. The van der Waals surface area contributed by atoms with E-state index in [1.807, 2.05) is 62.8 Å². The van der Waals surface area contributed by atoms with Crippen LogP contribution in [0.5, 0.6) is 5.88 Å². The summed E-state index contributed by atoms with van der Waals surface area (Å²) in [5.41, 5.74) is 5.29. The fraction of sp³-hybridized carbons (Fsp3) is 0.296. The summed E-state index contributed by atoms with van der Waals surface area (Å²) in [6.07, 6.45) is 4.64. The van der Waals surface area contributed by atoms with Gasteiger partial charge in [-0.05, 0) is 43.4 Å². The van der Waals surface area contributed by atoms with Gasteiger partial charge in [0.15, 0.2) is 5.82 Å². The summed E-state index contributed by atoms with van der Waals surface area (Å²) in [6, 6.07) is 9.68. The average Bonchev–Trinajstić information content (AvgIpc) is 3.71. The predicted octanol–water partition coefficient (Wildman–Crippen LogP) is 4.27. The molecule has 1 atom stereocenters. The van der Waals surface area contributed by atoms with E-state index in [1.165, 1.54) is 11.5 Å². The van der Waals surface area contributed by atoms with Crippen molar-refractivity contribution < 1.29 is 9.53 Å². The summed E-state index contributed by atoms with van der Waals surface area (Å²) in [7, 11) is 1.89. The topological polar surface area (TPSA) is 126 Å². The van der Waals surface area contributed by atoms with E-state index in [2.05, 4.69) is 35.0 Å². The molecule has 1 saturated heterocycles. The number of fused-ring (bicyclic) bond motifs is 1. The molecule has 0 spiro atoms. The van der Waals surface area contributed by atoms with Crippen molar-refractivity contribution in [3.05, 3.63) is 59.4 Å². The third kappa shape index (κ3) is 5.33. The first-order valence-electron chi connectivity index (χ1n) is 12.7. The molecule has 1 fully saturated rings. The van der Waals surface area contributed by atoms with E-state index < -0.39 is 0 Å². The van der Waals surface area contributed by atoms with Crippen LogP contribution in [0.25, 0.3) is 22.2 Å². The number of hydrogen-bond acceptors (Lipinski definition) is 9. The number of aromatic nitrogens is 6. The zero-order valence-electron chi connectivity index (χ0n) is 21.9. The first-order valence-corrected chi connectivity index (χ1v) is 13.6. The predicted molar refractivity (Wildman–Crippen MR) is 152 cm³/mol. The molecule has 4 aromatic heterocycles. The zero-order chi connectivity index (χ0) is 26.9. The SMILES string of the molecule is Cc1cnc(Nc2cc(C)n(C)n2)nc1-c1c[nH]c2c(NC(=O)CN3CC[C@H](Oc4ccsn4)C3)cccc12. The highest BCUT2D eigenvalue weighted by Gasteiger charge is 2.26. The number of hydrogen-bond donors (Lipinski definition) is 3. The van der Waals surface area contributed by atoms with Crippen molar-refractivity contribution >= 4 is 45.8 Å². The lowest BCUT2D eigenvalue weighted by atomic mass is 10.1. The van der Waals surface area contributed by atoms with Crippen LogP contribution in [0.1, 0.15) is 17.7 Å². The number of carbonyl (C=O) groups excluding carboxylic acids is 1. The van der Waals surface area contributed by atoms with Gasteiger partial charge in [-0.15, -0.1) is 0 Å². The molecule has 0 saturated carbocycles. The van der Waals surface area contributed by atoms with Crippen LogP contribution in [0.4, 0.5) is 17.5 Å². The smallest absolute Gasteiger partial charge is 0.238 e. The van der Waals surface area contributed by atoms with Crippen molar-refractivity contribution in [1.29, 1.82) is 0 Å². The quantitative estimate of drug-likeness (QED) is 0.265. The van der Waals surface area contributed by atoms with Gasteiger partial charge in [0.05, 0.1) is 23.4 Å². The molecule has 5 heterocycles. The van der Waals surface area contributed by atoms with Gasteiger partial charge in [0.1, 0.15) is 6.10 Å². The number of ether oxygens (including phenoxy) is 1. The van der Waals surface area contributed by atoms with E-state index in [-0.39, 0.29) is 12.0 Å². The lowest BCUT2D eigenvalue weighted by molar-refractivity contribution is -0.117. The second-order valence-corrected chi connectivity index (χ2v) is 10.4. The van der Waals surface area contributed by atoms with Crippen LogP contribution in [0.3, 0.4) is 0 Å². The van der Waals surface area contributed by atoms with Gasteiger partial charge in [-0.25, -0.2) is 9.97 Å². The maximum atomic E-state index is 13.0. The Hall–Kier alpha value is -4.29. The van der Waals surface area contributed by atoms with E-state index in [1.54, 1.807) is 10.9 Å². The Bertz CT molecular complexity index is 1610. The monoisotopic (exact) mass is 543 g/mol. The van der Waals surface area contributed by atoms with Gasteiger partial charge in [-0.3, -0.25) is 14.4 Å². The van der Waals surface area contributed by atoms with Gasteiger partial charge in [0.25, 0.3) is 0 Å². The fourth-order valence-corrected chi connectivity index (χ4v) is 5.27. The summed E-state index contributed by atoms with van der Waals surface area (Å²) in [5.74, 6) is 1.74. The third-order valence-electron chi connectivity index (χ3n) is 6.87. The normalized spacial score (nSPS) is 15.6. The second-order valence-electron chi connectivity index (χ2n) is 9.72. The Kier molecular flexibility index (Phi) is 6.71. The minimum Gasteiger partial charge on any atom is -0.472 e. The molecule has 0 bridgehead atoms. The molecular formula is C27H29N9O2S. The number of para-hydroxylation sites is 1. The summed E-state index contributed by atoms with van der Waals surface area (Å²) >= 11 is 1.37. The van der Waals surface area contributed by atoms with Crippen LogP contribution in [0, 0.1) is 13.8 Å². The number of nitrogens with zero attached hydrogens (tertiary/aromatic N) is 6. The van der Waals surface area contributed by atoms with E-state index in [4.69, 9.17) is 9.72 Å². The van der Waals surface area contributed by atoms with E-state index in [9.17, 15) is 4.79 Å². The first-order chi connectivity index (χ1) is 18.9. The number of rotatable bonds is 8. The van der Waals surface area contributed by atoms with Gasteiger partial charge in [0, 0.05) is 66.7 Å². The van der Waals surface area contributed by atoms with E-state index >= 15 is 0 Å². The molecular weight excluding hydrogens is 514 g/mol. The van der Waals surface area contributed by atoms with Crippen molar-refractivity contribution in [1.82, 2.24) is 34.0 Å². The summed E-state index contributed by atoms with van der Waals surface area (Å²) in [4.78, 5) is 27.6. The number of anilines is 3. The molecule has 1 aliphatic rings. The zero-order valence-corrected chi connectivity index (χ0v) is 22.7. The molecule has 39 heavy (non-hydrogen) atoms. The third-order valence-corrected chi connectivity index (χ3v) is 7.41. The van der Waals surface area contributed by atoms with Gasteiger partial charge in [-0.1, -0.05) is 12.1 Å². The molecule has 1 amide bonds. The fourth-order valence-electron chi connectivity index (χ4n) is 4.83. The van der Waals surface area contributed by atoms with Crippen molar-refractivity contribution in [3.8, 4) is 17.1 Å². The van der Waals surface area contributed by atoms with Crippen molar-refractivity contribution in [2.24, 2.45) is 7.05 Å². The van der Waals surface area contributed by atoms with Crippen LogP contribution in [0.15, 0.2) is 48.1 Å². The number of benzene rings is 1. The highest BCUT2D eigenvalue weighted by molar-refractivity contribution is 7.03. The number of H-pyrrole nitrogens is 1. The molecule has 3 N–H and O–H groups in total. The number of likely N-dealkylation sites (tertiary alicyclic amines) is 1. The number of amides is 1. The van der Waals surface area contributed by atoms with Crippen LogP contribution in [0.2, 0.25) is 0 Å². The standard InChI is InChI=1S/C27H29N9O2S/c1-16-12-29-27(31-22-11-17(2)35(3)33-22)32-25(16)20-13-28-26-19(20)5-4-6-21(26)30-23(37)15-36-9-7-18(14-36)38-24-8-10-39-34-24/h4-6,8,10-13,18,28H,7,9,14-15H2,1-3H3,(H,30,37)(H,29,31,32,33)/t18-/m0/s1. The Morgan fingerprint density at radius 1 is 1.28 bits per heavy atom. The Labute approximate surface area is 229 Å². The summed E-state index contributed by atoms with van der Waals surface area (Å²) < 4.78 is 11.9. The van der Waals surface area contributed by atoms with Crippen LogP contribution in [-0.4, -0.2) is 65.7 Å². The summed E-state index contributed by atoms with van der Waals surface area (Å²) in [6.45, 7) is 5.77. The number of nitrogens with one attached hydrogen (secondary N) is 3. The molecule has 1 aromatic carbocycles. The van der Waals surface area contributed by atoms with Gasteiger partial charge < -0.3 is 20.4 Å². The molecule has 0 radical (unpaired) electrons. The molecule has 12 heteroatoms. The van der Waals surface area contributed by atoms with Crippen LogP contribution in [-0.2, 0) is 11.8 Å². The van der Waals surface area contributed by atoms with Crippen molar-refractivity contribution in [3.63, 3.8) is 0 Å². The Morgan fingerprint density at radius 2 is 2.18 bits per heavy atom. The molecule has 6 rings (SSSR count). The maximum absolute atomic E-state index is 13.0. The molecule has 11 nitrogen and oxygen atoms in total. The first kappa shape index (κ1) is 25.0. The average molecular weight is 544 g/mol. The minimum atomic E-state index is -0.0664. The van der Waals surface area contributed by atoms with E-state index in [0.29, 0.717) is 30.7 Å². The summed E-state index contributed by atoms with van der Waals surface area (Å²) in [5, 5.41) is 13.6. The van der Waals surface area contributed by atoms with Crippen molar-refractivity contribution in [2.75, 3.05) is 30.3 Å². The molecule has 1 aliphatic heterocycles. The van der Waals surface area contributed by atoms with Gasteiger partial charge in [0.2, 0.25) is 17.7 Å². The Morgan fingerprint density at radius 3 is 2.97 bits per heavy atom. The minimum absolute atomic E-state index is 0.0477. The Balaban J connectivity index is 1.16. The van der Waals surface area contributed by atoms with Crippen molar-refractivity contribution in [2.45, 2.75) is 26.4 Å². The lowest BCUT2D eigenvalue weighted by Gasteiger charge is -2.16.